The molecular formula is C9H9ClF13N. The fourth-order valence-corrected chi connectivity index (χ4v) is 1.28. The summed E-state index contributed by atoms with van der Waals surface area (Å²) in [5, 5.41) is 0. The highest BCUT2D eigenvalue weighted by molar-refractivity contribution is 5.85. The maximum Gasteiger partial charge on any atom is 0.460 e. The predicted octanol–water partition coefficient (Wildman–Crippen LogP) is 4.89. The average Bonchev–Trinajstić information content (AvgIpc) is 2.34. The maximum atomic E-state index is 13.0. The minimum absolute atomic E-state index is 0. The monoisotopic (exact) mass is 413 g/mol. The third-order valence-corrected chi connectivity index (χ3v) is 2.69. The molecule has 0 aromatic rings. The zero-order chi connectivity index (χ0) is 19.1. The first-order chi connectivity index (χ1) is 9.81. The number of nitrogens with two attached hydrogens (primary N) is 1. The van der Waals surface area contributed by atoms with Crippen LogP contribution in [-0.4, -0.2) is 42.3 Å². The van der Waals surface area contributed by atoms with E-state index in [1.807, 2.05) is 0 Å². The average molecular weight is 414 g/mol. The lowest BCUT2D eigenvalue weighted by Crippen LogP contribution is -2.70. The number of hydrogen-bond acceptors (Lipinski definition) is 1. The third kappa shape index (κ3) is 3.63. The van der Waals surface area contributed by atoms with Crippen molar-refractivity contribution in [1.29, 1.82) is 0 Å². The SMILES string of the molecule is Cl.NCCCC(F)(F)C(F)(F)C(F)(F)C(F)(F)C(F)(F)C(F)(F)F. The Hall–Kier alpha value is -0.660. The number of rotatable bonds is 7. The van der Waals surface area contributed by atoms with Crippen molar-refractivity contribution in [1.82, 2.24) is 0 Å². The van der Waals surface area contributed by atoms with Crippen molar-refractivity contribution in [2.75, 3.05) is 6.54 Å². The molecule has 0 aliphatic carbocycles. The van der Waals surface area contributed by atoms with Crippen molar-refractivity contribution >= 4 is 12.4 Å². The Morgan fingerprint density at radius 2 is 0.875 bits per heavy atom. The molecule has 0 spiro atoms. The van der Waals surface area contributed by atoms with Gasteiger partial charge in [-0.15, -0.1) is 12.4 Å². The summed E-state index contributed by atoms with van der Waals surface area (Å²) >= 11 is 0. The predicted molar refractivity (Wildman–Crippen MR) is 56.3 cm³/mol. The first kappa shape index (κ1) is 25.6. The molecular weight excluding hydrogens is 405 g/mol. The van der Waals surface area contributed by atoms with Crippen molar-refractivity contribution in [3.63, 3.8) is 0 Å². The summed E-state index contributed by atoms with van der Waals surface area (Å²) in [7, 11) is 0. The first-order valence-electron chi connectivity index (χ1n) is 5.47. The van der Waals surface area contributed by atoms with Gasteiger partial charge in [0.15, 0.2) is 0 Å². The summed E-state index contributed by atoms with van der Waals surface area (Å²) in [6.07, 6.45) is -10.7. The van der Waals surface area contributed by atoms with E-state index in [1.165, 1.54) is 0 Å². The standard InChI is InChI=1S/C9H8F13N.ClH/c10-4(11,2-1-3-23)5(12,13)6(14,15)7(16,17)8(18,19)9(20,21)22;/h1-3,23H2;1H. The van der Waals surface area contributed by atoms with Crippen LogP contribution < -0.4 is 5.73 Å². The Bertz CT molecular complexity index is 416. The van der Waals surface area contributed by atoms with Crippen molar-refractivity contribution in [2.45, 2.75) is 48.6 Å². The van der Waals surface area contributed by atoms with E-state index in [0.29, 0.717) is 0 Å². The van der Waals surface area contributed by atoms with E-state index in [4.69, 9.17) is 0 Å². The van der Waals surface area contributed by atoms with Crippen LogP contribution in [0.1, 0.15) is 12.8 Å². The van der Waals surface area contributed by atoms with Crippen molar-refractivity contribution in [3.8, 4) is 0 Å². The van der Waals surface area contributed by atoms with Gasteiger partial charge in [-0.2, -0.15) is 57.1 Å². The quantitative estimate of drug-likeness (QED) is 0.591. The molecule has 0 aliphatic rings. The van der Waals surface area contributed by atoms with E-state index in [1.54, 1.807) is 0 Å². The van der Waals surface area contributed by atoms with Crippen LogP contribution >= 0.6 is 12.4 Å². The lowest BCUT2D eigenvalue weighted by atomic mass is 9.92. The molecule has 0 bridgehead atoms. The number of halogens is 14. The van der Waals surface area contributed by atoms with Crippen molar-refractivity contribution in [3.05, 3.63) is 0 Å². The van der Waals surface area contributed by atoms with E-state index in [9.17, 15) is 57.1 Å². The lowest BCUT2D eigenvalue weighted by molar-refractivity contribution is -0.440. The molecule has 1 nitrogen and oxygen atoms in total. The molecule has 24 heavy (non-hydrogen) atoms. The third-order valence-electron chi connectivity index (χ3n) is 2.69. The van der Waals surface area contributed by atoms with Crippen molar-refractivity contribution < 1.29 is 57.1 Å². The fourth-order valence-electron chi connectivity index (χ4n) is 1.28. The zero-order valence-electron chi connectivity index (χ0n) is 11.0. The largest absolute Gasteiger partial charge is 0.460 e. The fraction of sp³-hybridized carbons (Fsp3) is 1.00. The normalized spacial score (nSPS) is 15.2. The summed E-state index contributed by atoms with van der Waals surface area (Å²) in [5.74, 6) is -36.4. The second kappa shape index (κ2) is 6.92. The molecule has 0 heterocycles. The zero-order valence-corrected chi connectivity index (χ0v) is 11.8. The van der Waals surface area contributed by atoms with Crippen LogP contribution in [0.2, 0.25) is 0 Å². The molecule has 0 saturated carbocycles. The second-order valence-electron chi connectivity index (χ2n) is 4.39. The molecule has 0 amide bonds. The highest BCUT2D eigenvalue weighted by atomic mass is 35.5. The molecule has 0 saturated heterocycles. The molecule has 0 rings (SSSR count). The number of hydrogen-bond donors (Lipinski definition) is 1. The topological polar surface area (TPSA) is 26.0 Å². The Balaban J connectivity index is 0. The molecule has 2 N–H and O–H groups in total. The molecule has 0 atom stereocenters. The van der Waals surface area contributed by atoms with E-state index in [0.717, 1.165) is 0 Å². The van der Waals surface area contributed by atoms with Crippen LogP contribution in [0.15, 0.2) is 0 Å². The highest BCUT2D eigenvalue weighted by Crippen LogP contribution is 2.60. The summed E-state index contributed by atoms with van der Waals surface area (Å²) in [4.78, 5) is 0. The maximum absolute atomic E-state index is 13.0. The van der Waals surface area contributed by atoms with Gasteiger partial charge in [0.25, 0.3) is 0 Å². The summed E-state index contributed by atoms with van der Waals surface area (Å²) in [6, 6.07) is 0. The lowest BCUT2D eigenvalue weighted by Gasteiger charge is -2.39. The molecule has 0 fully saturated rings. The van der Waals surface area contributed by atoms with Crippen LogP contribution in [0.3, 0.4) is 0 Å². The minimum Gasteiger partial charge on any atom is -0.330 e. The van der Waals surface area contributed by atoms with Crippen LogP contribution in [-0.2, 0) is 0 Å². The molecule has 0 unspecified atom stereocenters. The van der Waals surface area contributed by atoms with Crippen molar-refractivity contribution in [2.24, 2.45) is 5.73 Å². The van der Waals surface area contributed by atoms with Gasteiger partial charge >= 0.3 is 35.8 Å². The van der Waals surface area contributed by atoms with Gasteiger partial charge in [-0.3, -0.25) is 0 Å². The van der Waals surface area contributed by atoms with Gasteiger partial charge in [0.1, 0.15) is 0 Å². The second-order valence-corrected chi connectivity index (χ2v) is 4.39. The first-order valence-corrected chi connectivity index (χ1v) is 5.47. The highest BCUT2D eigenvalue weighted by Gasteiger charge is 2.90. The Morgan fingerprint density at radius 1 is 0.542 bits per heavy atom. The Labute approximate surface area is 131 Å². The molecule has 0 aliphatic heterocycles. The number of alkyl halides is 13. The Morgan fingerprint density at radius 3 is 1.17 bits per heavy atom. The van der Waals surface area contributed by atoms with Gasteiger partial charge < -0.3 is 5.73 Å². The van der Waals surface area contributed by atoms with Gasteiger partial charge in [0, 0.05) is 6.42 Å². The summed E-state index contributed by atoms with van der Waals surface area (Å²) in [5.41, 5.74) is 4.62. The van der Waals surface area contributed by atoms with Crippen LogP contribution in [0.4, 0.5) is 57.1 Å². The molecule has 0 aromatic heterocycles. The van der Waals surface area contributed by atoms with Gasteiger partial charge in [0.2, 0.25) is 0 Å². The summed E-state index contributed by atoms with van der Waals surface area (Å²) in [6.45, 7) is -0.785. The molecule has 0 aromatic carbocycles. The van der Waals surface area contributed by atoms with Gasteiger partial charge in [0.05, 0.1) is 0 Å². The van der Waals surface area contributed by atoms with E-state index in [2.05, 4.69) is 5.73 Å². The van der Waals surface area contributed by atoms with Crippen LogP contribution in [0.25, 0.3) is 0 Å². The molecule has 15 heteroatoms. The van der Waals surface area contributed by atoms with Gasteiger partial charge in [-0.1, -0.05) is 0 Å². The van der Waals surface area contributed by atoms with Gasteiger partial charge in [-0.25, -0.2) is 0 Å². The smallest absolute Gasteiger partial charge is 0.330 e. The minimum atomic E-state index is -7.84. The van der Waals surface area contributed by atoms with Crippen LogP contribution in [0, 0.1) is 0 Å². The molecule has 148 valence electrons. The Kier molecular flexibility index (Phi) is 7.38. The summed E-state index contributed by atoms with van der Waals surface area (Å²) < 4.78 is 163. The van der Waals surface area contributed by atoms with E-state index < -0.39 is 55.2 Å². The van der Waals surface area contributed by atoms with Gasteiger partial charge in [-0.05, 0) is 13.0 Å². The van der Waals surface area contributed by atoms with Crippen LogP contribution in [0.5, 0.6) is 0 Å². The van der Waals surface area contributed by atoms with E-state index in [-0.39, 0.29) is 12.4 Å². The molecule has 0 radical (unpaired) electrons. The van der Waals surface area contributed by atoms with E-state index >= 15 is 0 Å².